The average Bonchev–Trinajstić information content (AvgIpc) is 2.82. The maximum atomic E-state index is 12.9. The molecule has 0 spiro atoms. The molecule has 39 heavy (non-hydrogen) atoms. The SMILES string of the molecule is BCCCOc1cc(C(=C)[C@@H](C[C@H](NC(=O)OC(C)(C)C)[C@@H](C)CC(C(C)=O)C(C)C)C(C)C)ccc1OC. The van der Waals surface area contributed by atoms with Crippen molar-refractivity contribution in [2.45, 2.75) is 99.5 Å². The predicted molar refractivity (Wildman–Crippen MR) is 164 cm³/mol. The molecule has 1 aromatic carbocycles. The molecule has 1 unspecified atom stereocenters. The first-order chi connectivity index (χ1) is 18.1. The van der Waals surface area contributed by atoms with Crippen molar-refractivity contribution < 1.29 is 23.8 Å². The number of hydrogen-bond donors (Lipinski definition) is 1. The van der Waals surface area contributed by atoms with Crippen LogP contribution >= 0.6 is 0 Å². The van der Waals surface area contributed by atoms with Gasteiger partial charge in [-0.15, -0.1) is 0 Å². The summed E-state index contributed by atoms with van der Waals surface area (Å²) < 4.78 is 17.2. The van der Waals surface area contributed by atoms with Crippen LogP contribution in [0.3, 0.4) is 0 Å². The number of allylic oxidation sites excluding steroid dienone is 1. The molecule has 0 aliphatic heterocycles. The third kappa shape index (κ3) is 11.7. The van der Waals surface area contributed by atoms with Crippen molar-refractivity contribution in [3.8, 4) is 11.5 Å². The summed E-state index contributed by atoms with van der Waals surface area (Å²) in [5.74, 6) is 2.18. The Hall–Kier alpha value is -2.44. The van der Waals surface area contributed by atoms with Crippen LogP contribution in [0.2, 0.25) is 6.32 Å². The van der Waals surface area contributed by atoms with Crippen LogP contribution in [-0.2, 0) is 9.53 Å². The Labute approximate surface area is 239 Å². The number of rotatable bonds is 16. The Morgan fingerprint density at radius 2 is 1.62 bits per heavy atom. The van der Waals surface area contributed by atoms with Crippen molar-refractivity contribution in [2.24, 2.45) is 29.6 Å². The van der Waals surface area contributed by atoms with Gasteiger partial charge in [-0.1, -0.05) is 53.6 Å². The second-order valence-electron chi connectivity index (χ2n) is 12.6. The van der Waals surface area contributed by atoms with E-state index >= 15 is 0 Å². The van der Waals surface area contributed by atoms with E-state index < -0.39 is 11.7 Å². The predicted octanol–water partition coefficient (Wildman–Crippen LogP) is 6.97. The van der Waals surface area contributed by atoms with Crippen LogP contribution < -0.4 is 14.8 Å². The van der Waals surface area contributed by atoms with Gasteiger partial charge in [-0.25, -0.2) is 4.79 Å². The van der Waals surface area contributed by atoms with E-state index in [0.717, 1.165) is 23.9 Å². The van der Waals surface area contributed by atoms with Gasteiger partial charge in [-0.05, 0) is 93.9 Å². The lowest BCUT2D eigenvalue weighted by molar-refractivity contribution is -0.122. The van der Waals surface area contributed by atoms with Gasteiger partial charge < -0.3 is 19.5 Å². The highest BCUT2D eigenvalue weighted by Crippen LogP contribution is 2.38. The van der Waals surface area contributed by atoms with Crippen LogP contribution in [-0.4, -0.2) is 45.1 Å². The van der Waals surface area contributed by atoms with Crippen molar-refractivity contribution in [2.75, 3.05) is 13.7 Å². The number of methoxy groups -OCH3 is 1. The molecular weight excluding hydrogens is 489 g/mol. The largest absolute Gasteiger partial charge is 0.493 e. The molecule has 0 fully saturated rings. The van der Waals surface area contributed by atoms with E-state index in [9.17, 15) is 9.59 Å². The van der Waals surface area contributed by atoms with Crippen LogP contribution in [0.4, 0.5) is 4.79 Å². The van der Waals surface area contributed by atoms with Crippen molar-refractivity contribution in [1.29, 1.82) is 0 Å². The Bertz CT molecular complexity index is 937. The second-order valence-corrected chi connectivity index (χ2v) is 12.6. The van der Waals surface area contributed by atoms with Crippen LogP contribution in [0.1, 0.15) is 87.1 Å². The Balaban J connectivity index is 3.32. The molecule has 0 heterocycles. The number of Topliss-reactive ketones (excluding diaryl/α,β-unsaturated/α-hetero) is 1. The van der Waals surface area contributed by atoms with Crippen LogP contribution in [0.25, 0.3) is 5.57 Å². The number of nitrogens with one attached hydrogen (secondary N) is 1. The van der Waals surface area contributed by atoms with Crippen molar-refractivity contribution in [1.82, 2.24) is 5.32 Å². The summed E-state index contributed by atoms with van der Waals surface area (Å²) in [4.78, 5) is 25.3. The first-order valence-corrected chi connectivity index (χ1v) is 14.6. The van der Waals surface area contributed by atoms with E-state index in [-0.39, 0.29) is 41.4 Å². The molecule has 0 aromatic heterocycles. The third-order valence-electron chi connectivity index (χ3n) is 7.39. The van der Waals surface area contributed by atoms with Gasteiger partial charge in [0.25, 0.3) is 0 Å². The Morgan fingerprint density at radius 3 is 2.10 bits per heavy atom. The van der Waals surface area contributed by atoms with Crippen LogP contribution in [0.15, 0.2) is 24.8 Å². The molecule has 1 aromatic rings. The van der Waals surface area contributed by atoms with Crippen molar-refractivity contribution in [3.05, 3.63) is 30.3 Å². The standard InChI is InChI=1S/C32H54BNO5/c1-20(2)26(23(6)25-13-14-29(37-11)30(18-25)38-16-12-15-33)19-28(34-31(36)39-32(8,9)10)22(5)17-27(21(3)4)24(7)35/h13-14,18,20-22,26-28H,6,12,15-17,19,33H2,1-5,7-11H3,(H,34,36)/t22-,26-,27?,28-/m0/s1. The number of hydrogen-bond acceptors (Lipinski definition) is 5. The second kappa shape index (κ2) is 16.0. The molecule has 0 saturated heterocycles. The maximum absolute atomic E-state index is 12.9. The minimum atomic E-state index is -0.601. The van der Waals surface area contributed by atoms with Crippen molar-refractivity contribution >= 4 is 25.3 Å². The summed E-state index contributed by atoms with van der Waals surface area (Å²) in [6.07, 6.45) is 2.96. The number of alkyl carbamates (subject to hydrolysis) is 1. The Morgan fingerprint density at radius 1 is 1.00 bits per heavy atom. The normalized spacial score (nSPS) is 14.9. The molecule has 220 valence electrons. The maximum Gasteiger partial charge on any atom is 0.407 e. The minimum absolute atomic E-state index is 0.0617. The lowest BCUT2D eigenvalue weighted by Crippen LogP contribution is -2.44. The zero-order valence-corrected chi connectivity index (χ0v) is 26.5. The number of amides is 1. The molecule has 1 rings (SSSR count). The zero-order chi connectivity index (χ0) is 29.9. The van der Waals surface area contributed by atoms with E-state index in [1.54, 1.807) is 14.0 Å². The molecule has 0 bridgehead atoms. The number of carbonyl (C=O) groups excluding carboxylic acids is 2. The van der Waals surface area contributed by atoms with Crippen LogP contribution in [0.5, 0.6) is 11.5 Å². The van der Waals surface area contributed by atoms with E-state index in [0.29, 0.717) is 30.9 Å². The summed E-state index contributed by atoms with van der Waals surface area (Å²) in [6, 6.07) is 5.77. The minimum Gasteiger partial charge on any atom is -0.493 e. The lowest BCUT2D eigenvalue weighted by atomic mass is 9.75. The summed E-state index contributed by atoms with van der Waals surface area (Å²) in [5, 5.41) is 3.15. The third-order valence-corrected chi connectivity index (χ3v) is 7.39. The fraction of sp³-hybridized carbons (Fsp3) is 0.688. The molecule has 7 heteroatoms. The number of ether oxygens (including phenoxy) is 3. The highest BCUT2D eigenvalue weighted by Gasteiger charge is 2.32. The number of carbonyl (C=O) groups is 2. The van der Waals surface area contributed by atoms with Gasteiger partial charge in [0, 0.05) is 12.0 Å². The van der Waals surface area contributed by atoms with Gasteiger partial charge in [-0.3, -0.25) is 4.79 Å². The van der Waals surface area contributed by atoms with E-state index in [4.69, 9.17) is 14.2 Å². The van der Waals surface area contributed by atoms with Gasteiger partial charge in [0.1, 0.15) is 19.2 Å². The molecule has 0 radical (unpaired) electrons. The van der Waals surface area contributed by atoms with E-state index in [2.05, 4.69) is 54.4 Å². The lowest BCUT2D eigenvalue weighted by Gasteiger charge is -2.34. The van der Waals surface area contributed by atoms with Gasteiger partial charge >= 0.3 is 6.09 Å². The molecule has 1 N–H and O–H groups in total. The summed E-state index contributed by atoms with van der Waals surface area (Å²) in [7, 11) is 3.78. The summed E-state index contributed by atoms with van der Waals surface area (Å²) in [6.45, 7) is 23.0. The molecule has 0 aliphatic rings. The molecule has 0 aliphatic carbocycles. The highest BCUT2D eigenvalue weighted by atomic mass is 16.6. The highest BCUT2D eigenvalue weighted by molar-refractivity contribution is 6.08. The van der Waals surface area contributed by atoms with Gasteiger partial charge in [0.2, 0.25) is 0 Å². The quantitative estimate of drug-likeness (QED) is 0.180. The first kappa shape index (κ1) is 34.6. The fourth-order valence-corrected chi connectivity index (χ4v) is 4.98. The topological polar surface area (TPSA) is 73.9 Å². The fourth-order valence-electron chi connectivity index (χ4n) is 4.98. The van der Waals surface area contributed by atoms with E-state index in [1.807, 2.05) is 39.0 Å². The number of benzene rings is 1. The van der Waals surface area contributed by atoms with Crippen LogP contribution in [0, 0.1) is 29.6 Å². The number of ketones is 1. The van der Waals surface area contributed by atoms with E-state index in [1.165, 1.54) is 0 Å². The monoisotopic (exact) mass is 543 g/mol. The smallest absolute Gasteiger partial charge is 0.407 e. The Kier molecular flexibility index (Phi) is 14.2. The zero-order valence-electron chi connectivity index (χ0n) is 26.5. The van der Waals surface area contributed by atoms with Gasteiger partial charge in [0.05, 0.1) is 13.7 Å². The average molecular weight is 544 g/mol. The molecule has 1 amide bonds. The molecule has 0 saturated carbocycles. The summed E-state index contributed by atoms with van der Waals surface area (Å²) >= 11 is 0. The van der Waals surface area contributed by atoms with Gasteiger partial charge in [0.15, 0.2) is 11.5 Å². The van der Waals surface area contributed by atoms with Crippen molar-refractivity contribution in [3.63, 3.8) is 0 Å². The summed E-state index contributed by atoms with van der Waals surface area (Å²) in [5.41, 5.74) is 1.38. The first-order valence-electron chi connectivity index (χ1n) is 14.6. The van der Waals surface area contributed by atoms with Gasteiger partial charge in [-0.2, -0.15) is 0 Å². The molecular formula is C32H54BNO5. The molecule has 4 atom stereocenters. The molecule has 6 nitrogen and oxygen atoms in total.